The summed E-state index contributed by atoms with van der Waals surface area (Å²) in [6, 6.07) is 9.18. The first-order valence-corrected chi connectivity index (χ1v) is 10.5. The summed E-state index contributed by atoms with van der Waals surface area (Å²) in [5.74, 6) is 1.54. The molecular weight excluding hydrogens is 408 g/mol. The Morgan fingerprint density at radius 1 is 1.22 bits per heavy atom. The quantitative estimate of drug-likeness (QED) is 0.671. The third kappa shape index (κ3) is 4.32. The highest BCUT2D eigenvalue weighted by molar-refractivity contribution is 5.93. The average Bonchev–Trinajstić information content (AvgIpc) is 3.23. The number of ketones is 1. The molecule has 0 saturated heterocycles. The number of nitrogens with one attached hydrogen (secondary N) is 1. The number of hydrazine groups is 1. The van der Waals surface area contributed by atoms with Gasteiger partial charge in [-0.05, 0) is 27.2 Å². The molecule has 1 unspecified atom stereocenters. The van der Waals surface area contributed by atoms with Gasteiger partial charge >= 0.3 is 6.09 Å². The van der Waals surface area contributed by atoms with E-state index in [1.54, 1.807) is 43.9 Å². The first-order chi connectivity index (χ1) is 15.3. The third-order valence-electron chi connectivity index (χ3n) is 4.99. The standard InChI is InChI=1S/C23H26N6O3/c1-5-17-18(30)13-16-14-25-21(26-20(16)29(17)27-22(31)32-23(2,3)4)28-12-11-24-19(28)15-9-7-6-8-10-15/h6-12,14,17H,5,13H2,1-4H3,(H,27,31). The van der Waals surface area contributed by atoms with E-state index in [4.69, 9.17) is 9.72 Å². The van der Waals surface area contributed by atoms with Crippen LogP contribution < -0.4 is 10.4 Å². The maximum atomic E-state index is 12.7. The number of nitrogens with zero attached hydrogens (tertiary/aromatic N) is 5. The zero-order chi connectivity index (χ0) is 22.9. The Morgan fingerprint density at radius 2 is 1.97 bits per heavy atom. The van der Waals surface area contributed by atoms with Crippen LogP contribution in [0, 0.1) is 0 Å². The Balaban J connectivity index is 1.74. The second kappa shape index (κ2) is 8.41. The van der Waals surface area contributed by atoms with E-state index >= 15 is 0 Å². The van der Waals surface area contributed by atoms with Crippen molar-refractivity contribution in [2.24, 2.45) is 0 Å². The van der Waals surface area contributed by atoms with Gasteiger partial charge in [-0.15, -0.1) is 0 Å². The number of anilines is 1. The first kappa shape index (κ1) is 21.5. The van der Waals surface area contributed by atoms with Crippen molar-refractivity contribution in [3.05, 3.63) is 54.5 Å². The molecule has 0 bridgehead atoms. The van der Waals surface area contributed by atoms with Gasteiger partial charge in [-0.2, -0.15) is 4.98 Å². The molecule has 9 nitrogen and oxygen atoms in total. The van der Waals surface area contributed by atoms with Crippen molar-refractivity contribution in [3.63, 3.8) is 0 Å². The summed E-state index contributed by atoms with van der Waals surface area (Å²) in [4.78, 5) is 38.9. The largest absolute Gasteiger partial charge is 0.443 e. The van der Waals surface area contributed by atoms with Gasteiger partial charge in [-0.1, -0.05) is 37.3 Å². The predicted octanol–water partition coefficient (Wildman–Crippen LogP) is 3.48. The lowest BCUT2D eigenvalue weighted by atomic mass is 9.98. The van der Waals surface area contributed by atoms with Crippen molar-refractivity contribution in [1.29, 1.82) is 0 Å². The Bertz CT molecular complexity index is 1140. The van der Waals surface area contributed by atoms with Crippen LogP contribution in [-0.2, 0) is 16.0 Å². The zero-order valence-corrected chi connectivity index (χ0v) is 18.6. The van der Waals surface area contributed by atoms with Crippen molar-refractivity contribution in [1.82, 2.24) is 24.9 Å². The summed E-state index contributed by atoms with van der Waals surface area (Å²) >= 11 is 0. The molecule has 3 aromatic rings. The fraction of sp³-hybridized carbons (Fsp3) is 0.348. The summed E-state index contributed by atoms with van der Waals surface area (Å²) in [5.41, 5.74) is 3.60. The van der Waals surface area contributed by atoms with E-state index in [-0.39, 0.29) is 12.2 Å². The number of ether oxygens (including phenoxy) is 1. The molecule has 0 fully saturated rings. The van der Waals surface area contributed by atoms with E-state index in [1.165, 1.54) is 5.01 Å². The molecule has 1 atom stereocenters. The van der Waals surface area contributed by atoms with Crippen LogP contribution in [0.25, 0.3) is 17.3 Å². The van der Waals surface area contributed by atoms with Crippen molar-refractivity contribution in [2.45, 2.75) is 52.2 Å². The van der Waals surface area contributed by atoms with Gasteiger partial charge in [-0.25, -0.2) is 20.2 Å². The van der Waals surface area contributed by atoms with Gasteiger partial charge in [0.2, 0.25) is 5.95 Å². The number of fused-ring (bicyclic) bond motifs is 1. The van der Waals surface area contributed by atoms with Gasteiger partial charge in [0, 0.05) is 36.1 Å². The minimum atomic E-state index is -0.674. The monoisotopic (exact) mass is 434 g/mol. The molecule has 166 valence electrons. The number of aromatic nitrogens is 4. The van der Waals surface area contributed by atoms with Crippen LogP contribution in [0.5, 0.6) is 0 Å². The van der Waals surface area contributed by atoms with Crippen LogP contribution >= 0.6 is 0 Å². The molecule has 1 aliphatic rings. The molecule has 1 aliphatic heterocycles. The van der Waals surface area contributed by atoms with Crippen LogP contribution in [0.1, 0.15) is 39.7 Å². The van der Waals surface area contributed by atoms with Crippen molar-refractivity contribution in [3.8, 4) is 17.3 Å². The van der Waals surface area contributed by atoms with Crippen molar-refractivity contribution < 1.29 is 14.3 Å². The molecule has 4 rings (SSSR count). The number of benzene rings is 1. The highest BCUT2D eigenvalue weighted by Crippen LogP contribution is 2.28. The van der Waals surface area contributed by atoms with Crippen LogP contribution in [0.3, 0.4) is 0 Å². The van der Waals surface area contributed by atoms with E-state index in [0.717, 1.165) is 5.56 Å². The molecule has 0 saturated carbocycles. The van der Waals surface area contributed by atoms with Gasteiger partial charge in [0.15, 0.2) is 11.6 Å². The number of carbonyl (C=O) groups excluding carboxylic acids is 2. The summed E-state index contributed by atoms with van der Waals surface area (Å²) < 4.78 is 7.18. The van der Waals surface area contributed by atoms with E-state index in [9.17, 15) is 9.59 Å². The third-order valence-corrected chi connectivity index (χ3v) is 4.99. The fourth-order valence-electron chi connectivity index (χ4n) is 3.64. The number of hydrogen-bond donors (Lipinski definition) is 1. The van der Waals surface area contributed by atoms with E-state index in [0.29, 0.717) is 29.6 Å². The lowest BCUT2D eigenvalue weighted by Gasteiger charge is -2.36. The van der Waals surface area contributed by atoms with Crippen LogP contribution in [-0.4, -0.2) is 43.0 Å². The zero-order valence-electron chi connectivity index (χ0n) is 18.6. The number of hydrogen-bond acceptors (Lipinski definition) is 7. The summed E-state index contributed by atoms with van der Waals surface area (Å²) in [6.07, 6.45) is 5.15. The maximum absolute atomic E-state index is 12.7. The Labute approximate surface area is 186 Å². The van der Waals surface area contributed by atoms with E-state index < -0.39 is 17.7 Å². The molecule has 1 aromatic carbocycles. The number of imidazole rings is 1. The topological polar surface area (TPSA) is 102 Å². The molecule has 0 spiro atoms. The molecule has 32 heavy (non-hydrogen) atoms. The number of Topliss-reactive ketones (excluding diaryl/α,β-unsaturated/α-hetero) is 1. The average molecular weight is 435 g/mol. The molecule has 2 aromatic heterocycles. The van der Waals surface area contributed by atoms with Gasteiger partial charge in [0.05, 0.1) is 0 Å². The summed E-state index contributed by atoms with van der Waals surface area (Å²) in [5, 5.41) is 1.50. The maximum Gasteiger partial charge on any atom is 0.426 e. The predicted molar refractivity (Wildman–Crippen MR) is 119 cm³/mol. The normalized spacial score (nSPS) is 15.9. The number of rotatable bonds is 4. The second-order valence-corrected chi connectivity index (χ2v) is 8.56. The molecule has 1 amide bonds. The summed E-state index contributed by atoms with van der Waals surface area (Å²) in [7, 11) is 0. The lowest BCUT2D eigenvalue weighted by Crippen LogP contribution is -2.56. The molecule has 1 N–H and O–H groups in total. The van der Waals surface area contributed by atoms with Crippen LogP contribution in [0.15, 0.2) is 48.9 Å². The van der Waals surface area contributed by atoms with Gasteiger partial charge in [0.1, 0.15) is 17.5 Å². The lowest BCUT2D eigenvalue weighted by molar-refractivity contribution is -0.120. The van der Waals surface area contributed by atoms with Crippen molar-refractivity contribution >= 4 is 17.7 Å². The molecule has 3 heterocycles. The summed E-state index contributed by atoms with van der Waals surface area (Å²) in [6.45, 7) is 7.24. The fourth-order valence-corrected chi connectivity index (χ4v) is 3.64. The highest BCUT2D eigenvalue weighted by Gasteiger charge is 2.35. The number of carbonyl (C=O) groups is 2. The molecule has 0 aliphatic carbocycles. The van der Waals surface area contributed by atoms with E-state index in [2.05, 4.69) is 15.4 Å². The SMILES string of the molecule is CCC1C(=O)Cc2cnc(-n3ccnc3-c3ccccc3)nc2N1NC(=O)OC(C)(C)C. The van der Waals surface area contributed by atoms with Crippen LogP contribution in [0.4, 0.5) is 10.6 Å². The Morgan fingerprint density at radius 3 is 2.66 bits per heavy atom. The molecular formula is C23H26N6O3. The molecule has 0 radical (unpaired) electrons. The van der Waals surface area contributed by atoms with E-state index in [1.807, 2.05) is 37.3 Å². The van der Waals surface area contributed by atoms with Gasteiger partial charge in [-0.3, -0.25) is 14.4 Å². The highest BCUT2D eigenvalue weighted by atomic mass is 16.6. The first-order valence-electron chi connectivity index (χ1n) is 10.5. The Kier molecular flexibility index (Phi) is 5.65. The second-order valence-electron chi connectivity index (χ2n) is 8.56. The molecule has 9 heteroatoms. The van der Waals surface area contributed by atoms with Gasteiger partial charge < -0.3 is 4.74 Å². The smallest absolute Gasteiger partial charge is 0.426 e. The van der Waals surface area contributed by atoms with Crippen molar-refractivity contribution in [2.75, 3.05) is 5.01 Å². The van der Waals surface area contributed by atoms with Crippen LogP contribution in [0.2, 0.25) is 0 Å². The number of amides is 1. The minimum absolute atomic E-state index is 0.0139. The van der Waals surface area contributed by atoms with Gasteiger partial charge in [0.25, 0.3) is 0 Å². The minimum Gasteiger partial charge on any atom is -0.443 e. The Hall–Kier alpha value is -3.75.